The van der Waals surface area contributed by atoms with Gasteiger partial charge in [-0.25, -0.2) is 9.97 Å². The lowest BCUT2D eigenvalue weighted by molar-refractivity contribution is 0.0994. The van der Waals surface area contributed by atoms with Gasteiger partial charge >= 0.3 is 7.12 Å². The minimum atomic E-state index is -1.52. The minimum absolute atomic E-state index is 0.387. The summed E-state index contributed by atoms with van der Waals surface area (Å²) in [5, 5.41) is 22.3. The normalized spacial score (nSPS) is 13.0. The van der Waals surface area contributed by atoms with E-state index in [1.165, 1.54) is 0 Å². The highest BCUT2D eigenvalue weighted by Gasteiger charge is 2.22. The van der Waals surface area contributed by atoms with E-state index in [1.54, 1.807) is 34.7 Å². The highest BCUT2D eigenvalue weighted by Crippen LogP contribution is 2.32. The summed E-state index contributed by atoms with van der Waals surface area (Å²) < 4.78 is 7.43. The van der Waals surface area contributed by atoms with Crippen molar-refractivity contribution in [2.24, 2.45) is 5.73 Å². The van der Waals surface area contributed by atoms with Crippen LogP contribution < -0.4 is 16.5 Å². The third-order valence-electron chi connectivity index (χ3n) is 6.01. The molecule has 0 fully saturated rings. The zero-order valence-corrected chi connectivity index (χ0v) is 18.7. The number of benzene rings is 1. The molecule has 172 valence electrons. The van der Waals surface area contributed by atoms with Gasteiger partial charge in [-0.15, -0.1) is 0 Å². The Kier molecular flexibility index (Phi) is 5.78. The number of aryl methyl sites for hydroxylation is 1. The van der Waals surface area contributed by atoms with Crippen LogP contribution in [-0.2, 0) is 24.3 Å². The SMILES string of the molecule is Cc1cn2c(C(N)=O)cccc2c1-c1nc2c(c(NCc3cccc(B(O)O)c3)n1)CCOC2. The lowest BCUT2D eigenvalue weighted by Gasteiger charge is -2.20. The van der Waals surface area contributed by atoms with E-state index in [9.17, 15) is 14.8 Å². The molecular formula is C24H24BN5O4. The van der Waals surface area contributed by atoms with Crippen molar-refractivity contribution in [3.63, 3.8) is 0 Å². The van der Waals surface area contributed by atoms with Gasteiger partial charge in [-0.05, 0) is 35.6 Å². The first-order valence-corrected chi connectivity index (χ1v) is 11.0. The Balaban J connectivity index is 1.57. The Labute approximate surface area is 196 Å². The molecule has 9 nitrogen and oxygen atoms in total. The van der Waals surface area contributed by atoms with E-state index in [1.807, 2.05) is 25.3 Å². The van der Waals surface area contributed by atoms with E-state index >= 15 is 0 Å². The highest BCUT2D eigenvalue weighted by molar-refractivity contribution is 6.58. The van der Waals surface area contributed by atoms with Crippen LogP contribution in [0.25, 0.3) is 16.9 Å². The molecule has 34 heavy (non-hydrogen) atoms. The topological polar surface area (TPSA) is 135 Å². The highest BCUT2D eigenvalue weighted by atomic mass is 16.5. The van der Waals surface area contributed by atoms with Gasteiger partial charge in [-0.2, -0.15) is 0 Å². The number of fused-ring (bicyclic) bond motifs is 2. The molecule has 0 unspecified atom stereocenters. The van der Waals surface area contributed by atoms with Crippen molar-refractivity contribution >= 4 is 29.8 Å². The second-order valence-electron chi connectivity index (χ2n) is 8.31. The molecule has 5 rings (SSSR count). The first kappa shape index (κ1) is 22.1. The van der Waals surface area contributed by atoms with E-state index in [-0.39, 0.29) is 0 Å². The number of carbonyl (C=O) groups is 1. The maximum Gasteiger partial charge on any atom is 0.488 e. The molecule has 1 aliphatic heterocycles. The van der Waals surface area contributed by atoms with Crippen molar-refractivity contribution in [3.05, 3.63) is 76.7 Å². The first-order chi connectivity index (χ1) is 16.4. The Bertz CT molecular complexity index is 1400. The molecule has 3 aromatic heterocycles. The second kappa shape index (κ2) is 8.90. The van der Waals surface area contributed by atoms with E-state index in [4.69, 9.17) is 20.4 Å². The van der Waals surface area contributed by atoms with Gasteiger partial charge in [0.25, 0.3) is 5.91 Å². The van der Waals surface area contributed by atoms with Crippen LogP contribution in [0.15, 0.2) is 48.7 Å². The number of amides is 1. The number of nitrogens with one attached hydrogen (secondary N) is 1. The summed E-state index contributed by atoms with van der Waals surface area (Å²) in [4.78, 5) is 21.6. The maximum atomic E-state index is 11.9. The molecule has 0 atom stereocenters. The minimum Gasteiger partial charge on any atom is -0.423 e. The molecule has 0 aliphatic carbocycles. The second-order valence-corrected chi connectivity index (χ2v) is 8.31. The van der Waals surface area contributed by atoms with Crippen molar-refractivity contribution in [1.82, 2.24) is 14.4 Å². The number of anilines is 1. The Morgan fingerprint density at radius 2 is 2.06 bits per heavy atom. The molecule has 1 amide bonds. The summed E-state index contributed by atoms with van der Waals surface area (Å²) in [6.07, 6.45) is 2.55. The standard InChI is InChI=1S/C24H24BN5O4/c1-14-12-30-19(6-3-7-20(30)22(26)31)21(14)24-28-18-13-34-9-8-17(18)23(29-24)27-11-15-4-2-5-16(10-15)25(32)33/h2-7,10,12,32-33H,8-9,11,13H2,1H3,(H2,26,31)(H,27,28,29). The number of rotatable bonds is 6. The van der Waals surface area contributed by atoms with E-state index < -0.39 is 13.0 Å². The van der Waals surface area contributed by atoms with Crippen molar-refractivity contribution in [2.45, 2.75) is 26.5 Å². The van der Waals surface area contributed by atoms with Gasteiger partial charge in [0.2, 0.25) is 0 Å². The smallest absolute Gasteiger partial charge is 0.423 e. The maximum absolute atomic E-state index is 11.9. The van der Waals surface area contributed by atoms with Crippen LogP contribution >= 0.6 is 0 Å². The van der Waals surface area contributed by atoms with E-state index in [0.29, 0.717) is 49.0 Å². The Hall–Kier alpha value is -3.73. The monoisotopic (exact) mass is 457 g/mol. The molecule has 0 saturated carbocycles. The van der Waals surface area contributed by atoms with Crippen LogP contribution in [0.3, 0.4) is 0 Å². The zero-order chi connectivity index (χ0) is 23.8. The summed E-state index contributed by atoms with van der Waals surface area (Å²) in [7, 11) is -1.52. The van der Waals surface area contributed by atoms with Gasteiger partial charge in [0.15, 0.2) is 5.82 Å². The number of nitrogens with zero attached hydrogens (tertiary/aromatic N) is 3. The molecule has 0 spiro atoms. The number of ether oxygens (including phenoxy) is 1. The fourth-order valence-corrected chi connectivity index (χ4v) is 4.38. The molecule has 4 aromatic rings. The quantitative estimate of drug-likeness (QED) is 0.319. The molecule has 5 N–H and O–H groups in total. The predicted octanol–water partition coefficient (Wildman–Crippen LogP) is 1.17. The number of pyridine rings is 1. The molecule has 0 bridgehead atoms. The number of primary amides is 1. The fourth-order valence-electron chi connectivity index (χ4n) is 4.38. The van der Waals surface area contributed by atoms with Crippen LogP contribution in [-0.4, -0.2) is 44.0 Å². The summed E-state index contributed by atoms with van der Waals surface area (Å²) in [5.74, 6) is 0.737. The van der Waals surface area contributed by atoms with Gasteiger partial charge in [-0.1, -0.05) is 30.3 Å². The van der Waals surface area contributed by atoms with Crippen molar-refractivity contribution in [3.8, 4) is 11.4 Å². The largest absolute Gasteiger partial charge is 0.488 e. The lowest BCUT2D eigenvalue weighted by Crippen LogP contribution is -2.30. The zero-order valence-electron chi connectivity index (χ0n) is 18.7. The summed E-state index contributed by atoms with van der Waals surface area (Å²) in [6, 6.07) is 12.5. The van der Waals surface area contributed by atoms with Crippen LogP contribution in [0.5, 0.6) is 0 Å². The number of aromatic nitrogens is 3. The summed E-state index contributed by atoms with van der Waals surface area (Å²) in [6.45, 7) is 3.38. The van der Waals surface area contributed by atoms with Gasteiger partial charge in [0, 0.05) is 30.3 Å². The molecule has 1 aliphatic rings. The van der Waals surface area contributed by atoms with Gasteiger partial charge < -0.3 is 30.2 Å². The van der Waals surface area contributed by atoms with Gasteiger partial charge in [0.05, 0.1) is 24.4 Å². The third-order valence-corrected chi connectivity index (χ3v) is 6.01. The number of hydrogen-bond donors (Lipinski definition) is 4. The molecule has 0 radical (unpaired) electrons. The number of nitrogens with two attached hydrogens (primary N) is 1. The molecule has 0 saturated heterocycles. The lowest BCUT2D eigenvalue weighted by atomic mass is 9.79. The predicted molar refractivity (Wildman–Crippen MR) is 129 cm³/mol. The Morgan fingerprint density at radius 1 is 1.24 bits per heavy atom. The van der Waals surface area contributed by atoms with E-state index in [2.05, 4.69) is 5.32 Å². The van der Waals surface area contributed by atoms with Crippen LogP contribution in [0.4, 0.5) is 5.82 Å². The summed E-state index contributed by atoms with van der Waals surface area (Å²) in [5.41, 5.74) is 11.6. The Morgan fingerprint density at radius 3 is 2.85 bits per heavy atom. The summed E-state index contributed by atoms with van der Waals surface area (Å²) >= 11 is 0. The van der Waals surface area contributed by atoms with Gasteiger partial charge in [-0.3, -0.25) is 4.79 Å². The molecular weight excluding hydrogens is 433 g/mol. The van der Waals surface area contributed by atoms with Gasteiger partial charge in [0.1, 0.15) is 11.5 Å². The third kappa shape index (κ3) is 4.03. The average Bonchev–Trinajstić information content (AvgIpc) is 3.18. The van der Waals surface area contributed by atoms with Crippen molar-refractivity contribution in [2.75, 3.05) is 11.9 Å². The van der Waals surface area contributed by atoms with E-state index in [0.717, 1.165) is 33.5 Å². The molecule has 4 heterocycles. The van der Waals surface area contributed by atoms with Crippen LogP contribution in [0.1, 0.15) is 32.9 Å². The van der Waals surface area contributed by atoms with Crippen molar-refractivity contribution < 1.29 is 19.6 Å². The molecule has 10 heteroatoms. The number of hydrogen-bond acceptors (Lipinski definition) is 7. The first-order valence-electron chi connectivity index (χ1n) is 11.0. The molecule has 1 aromatic carbocycles. The van der Waals surface area contributed by atoms with Crippen LogP contribution in [0, 0.1) is 6.92 Å². The van der Waals surface area contributed by atoms with Crippen LogP contribution in [0.2, 0.25) is 0 Å². The fraction of sp³-hybridized carbons (Fsp3) is 0.208. The average molecular weight is 457 g/mol. The van der Waals surface area contributed by atoms with Crippen molar-refractivity contribution in [1.29, 1.82) is 0 Å². The number of carbonyl (C=O) groups excluding carboxylic acids is 1.